The maximum absolute atomic E-state index is 14.8. The Hall–Kier alpha value is -4.99. The number of hydrogen-bond donors (Lipinski definition) is 2. The summed E-state index contributed by atoms with van der Waals surface area (Å²) >= 11 is 0. The molecule has 2 N–H and O–H groups in total. The number of ketones is 1. The fourth-order valence-electron chi connectivity index (χ4n) is 8.24. The molecule has 3 fully saturated rings. The van der Waals surface area contributed by atoms with Crippen LogP contribution >= 0.6 is 0 Å². The van der Waals surface area contributed by atoms with Gasteiger partial charge in [0.15, 0.2) is 5.78 Å². The molecule has 7 rings (SSSR count). The van der Waals surface area contributed by atoms with Gasteiger partial charge in [0.1, 0.15) is 29.3 Å². The zero-order valence-electron chi connectivity index (χ0n) is 33.9. The number of allylic oxidation sites excluding steroid dienone is 2. The number of carbonyl (C=O) groups excluding carboxylic acids is 4. The number of Topliss-reactive ketones (excluding diaryl/α,β-unsaturated/α-hetero) is 1. The van der Waals surface area contributed by atoms with Crippen molar-refractivity contribution in [2.45, 2.75) is 128 Å². The van der Waals surface area contributed by atoms with E-state index in [2.05, 4.69) is 15.1 Å². The molecule has 0 radical (unpaired) electrons. The van der Waals surface area contributed by atoms with E-state index in [4.69, 9.17) is 19.2 Å². The molecule has 16 heteroatoms. The predicted molar refractivity (Wildman–Crippen MR) is 215 cm³/mol. The van der Waals surface area contributed by atoms with E-state index in [0.717, 1.165) is 24.8 Å². The number of nitrogens with zero attached hydrogens (tertiary/aromatic N) is 4. The van der Waals surface area contributed by atoms with Crippen molar-refractivity contribution in [1.29, 1.82) is 0 Å². The van der Waals surface area contributed by atoms with Gasteiger partial charge < -0.3 is 24.4 Å². The first-order valence-corrected chi connectivity index (χ1v) is 22.0. The Bertz CT molecular complexity index is 2220. The second-order valence-corrected chi connectivity index (χ2v) is 18.3. The number of ether oxygens (including phenoxy) is 3. The topological polar surface area (TPSA) is 188 Å². The van der Waals surface area contributed by atoms with Gasteiger partial charge in [0.25, 0.3) is 5.91 Å². The highest BCUT2D eigenvalue weighted by Gasteiger charge is 2.61. The molecule has 4 aliphatic rings. The minimum atomic E-state index is -3.87. The lowest BCUT2D eigenvalue weighted by molar-refractivity contribution is -0.140. The Morgan fingerprint density at radius 2 is 1.86 bits per heavy atom. The van der Waals surface area contributed by atoms with Crippen molar-refractivity contribution in [1.82, 2.24) is 29.7 Å². The van der Waals surface area contributed by atoms with Gasteiger partial charge in [0.05, 0.1) is 42.0 Å². The summed E-state index contributed by atoms with van der Waals surface area (Å²) < 4.78 is 48.1. The smallest absolute Gasteiger partial charge is 0.272 e. The summed E-state index contributed by atoms with van der Waals surface area (Å²) in [5, 5.41) is 7.33. The van der Waals surface area contributed by atoms with Crippen molar-refractivity contribution >= 4 is 44.4 Å². The Kier molecular flexibility index (Phi) is 11.9. The van der Waals surface area contributed by atoms with E-state index in [1.54, 1.807) is 30.1 Å². The van der Waals surface area contributed by atoms with Crippen LogP contribution in [0.4, 0.5) is 0 Å². The highest BCUT2D eigenvalue weighted by molar-refractivity contribution is 7.90. The Morgan fingerprint density at radius 3 is 2.57 bits per heavy atom. The largest absolute Gasteiger partial charge is 0.496 e. The van der Waals surface area contributed by atoms with Crippen LogP contribution in [0.1, 0.15) is 101 Å². The Morgan fingerprint density at radius 1 is 1.07 bits per heavy atom. The Labute approximate surface area is 339 Å². The molecular formula is C42H54N6O9S. The lowest BCUT2D eigenvalue weighted by Gasteiger charge is -2.29. The van der Waals surface area contributed by atoms with Crippen LogP contribution in [0.25, 0.3) is 10.9 Å². The van der Waals surface area contributed by atoms with E-state index < -0.39 is 56.6 Å². The highest BCUT2D eigenvalue weighted by Crippen LogP contribution is 2.57. The summed E-state index contributed by atoms with van der Waals surface area (Å²) in [4.78, 5) is 63.1. The minimum absolute atomic E-state index is 0.0178. The van der Waals surface area contributed by atoms with E-state index in [1.165, 1.54) is 4.90 Å². The molecule has 3 amide bonds. The fourth-order valence-corrected chi connectivity index (χ4v) is 9.62. The van der Waals surface area contributed by atoms with Crippen molar-refractivity contribution < 1.29 is 41.8 Å². The lowest BCUT2D eigenvalue weighted by atomic mass is 9.91. The first-order chi connectivity index (χ1) is 27.7. The van der Waals surface area contributed by atoms with Crippen LogP contribution in [0.2, 0.25) is 0 Å². The number of carbonyl (C=O) groups is 4. The third-order valence-electron chi connectivity index (χ3n) is 11.7. The van der Waals surface area contributed by atoms with Crippen LogP contribution in [0.15, 0.2) is 42.6 Å². The van der Waals surface area contributed by atoms with Crippen molar-refractivity contribution in [3.63, 3.8) is 0 Å². The second-order valence-electron chi connectivity index (χ2n) is 16.3. The molecule has 3 aromatic rings. The molecule has 312 valence electrons. The molecule has 15 nitrogen and oxygen atoms in total. The monoisotopic (exact) mass is 818 g/mol. The molecule has 2 saturated carbocycles. The average molecular weight is 819 g/mol. The molecule has 2 aliphatic carbocycles. The van der Waals surface area contributed by atoms with E-state index >= 15 is 0 Å². The average Bonchev–Trinajstić information content (AvgIpc) is 4.06. The number of aryl methyl sites for hydroxylation is 2. The molecule has 5 atom stereocenters. The van der Waals surface area contributed by atoms with Gasteiger partial charge in [-0.2, -0.15) is 5.10 Å². The number of hydrogen-bond acceptors (Lipinski definition) is 11. The number of sulfonamides is 1. The number of fused-ring (bicyclic) bond motifs is 3. The van der Waals surface area contributed by atoms with Crippen molar-refractivity contribution in [3.05, 3.63) is 53.9 Å². The summed E-state index contributed by atoms with van der Waals surface area (Å²) in [6, 6.07) is 4.99. The molecule has 1 aromatic carbocycles. The van der Waals surface area contributed by atoms with Gasteiger partial charge in [0, 0.05) is 42.6 Å². The molecule has 0 spiro atoms. The van der Waals surface area contributed by atoms with Gasteiger partial charge in [-0.3, -0.25) is 28.6 Å². The number of pyridine rings is 1. The first-order valence-electron chi connectivity index (χ1n) is 20.4. The second kappa shape index (κ2) is 16.7. The fraction of sp³-hybridized carbons (Fsp3) is 0.571. The van der Waals surface area contributed by atoms with Crippen molar-refractivity contribution in [2.75, 3.05) is 13.7 Å². The number of methoxy groups -OCH3 is 1. The molecular weight excluding hydrogens is 765 g/mol. The van der Waals surface area contributed by atoms with Gasteiger partial charge in [0.2, 0.25) is 27.7 Å². The van der Waals surface area contributed by atoms with E-state index in [9.17, 15) is 27.6 Å². The lowest BCUT2D eigenvalue weighted by Crippen LogP contribution is -2.52. The predicted octanol–water partition coefficient (Wildman–Crippen LogP) is 4.80. The van der Waals surface area contributed by atoms with Crippen LogP contribution in [0, 0.1) is 18.3 Å². The molecule has 0 unspecified atom stereocenters. The van der Waals surface area contributed by atoms with Crippen LogP contribution in [0.5, 0.6) is 17.4 Å². The summed E-state index contributed by atoms with van der Waals surface area (Å²) in [6.45, 7) is 8.17. The van der Waals surface area contributed by atoms with Gasteiger partial charge in [-0.15, -0.1) is 0 Å². The first kappa shape index (κ1) is 41.2. The SMILES string of the molecule is CCn1ccc(C(=O)N[C@H]2CCCCC/C=C\[C@H]3C[C@@]3(C(=O)NS(=O)(=O)C3CC3)CC(=O)[C@@H]3C[C@@H](Oc4cc(OC(C)C)nc5c(C)c(OC)ccc45)CN3C2=O)n1. The van der Waals surface area contributed by atoms with Gasteiger partial charge in [-0.1, -0.05) is 25.0 Å². The molecule has 2 aromatic heterocycles. The summed E-state index contributed by atoms with van der Waals surface area (Å²) in [6.07, 6.45) is 9.17. The number of amides is 3. The summed E-state index contributed by atoms with van der Waals surface area (Å²) in [5.41, 5.74) is 0.306. The third-order valence-corrected chi connectivity index (χ3v) is 13.5. The zero-order chi connectivity index (χ0) is 41.4. The number of aromatic nitrogens is 3. The normalized spacial score (nSPS) is 25.9. The van der Waals surface area contributed by atoms with Gasteiger partial charge in [-0.25, -0.2) is 13.4 Å². The van der Waals surface area contributed by atoms with Crippen LogP contribution in [-0.2, 0) is 31.0 Å². The molecule has 2 aliphatic heterocycles. The van der Waals surface area contributed by atoms with E-state index in [1.807, 2.05) is 52.0 Å². The van der Waals surface area contributed by atoms with Crippen LogP contribution in [-0.4, -0.2) is 94.8 Å². The highest BCUT2D eigenvalue weighted by atomic mass is 32.2. The quantitative estimate of drug-likeness (QED) is 0.253. The van der Waals surface area contributed by atoms with Gasteiger partial charge >= 0.3 is 0 Å². The zero-order valence-corrected chi connectivity index (χ0v) is 34.7. The molecule has 4 heterocycles. The van der Waals surface area contributed by atoms with Crippen LogP contribution < -0.4 is 24.2 Å². The standard InChI is InChI=1S/C42H54N6O9S/c1-6-47-19-18-31(45-47)39(50)43-32-13-11-9-7-8-10-12-27-22-42(27,41(52)46-58(53,54)29-14-15-29)23-34(49)33-20-28(24-48(33)40(32)51)57-36-21-37(56-25(2)3)44-38-26(4)35(55-5)17-16-30(36)38/h10,12,16-19,21,25,27-29,32-33H,6-9,11,13-15,20,22-24H2,1-5H3,(H,43,50)(H,46,52)/b12-10-/t27-,28+,32-,33-,42+/m0/s1. The number of nitrogens with one attached hydrogen (secondary N) is 2. The van der Waals surface area contributed by atoms with E-state index in [0.29, 0.717) is 66.9 Å². The number of rotatable bonds is 11. The maximum atomic E-state index is 14.8. The Balaban J connectivity index is 1.23. The summed E-state index contributed by atoms with van der Waals surface area (Å²) in [5.74, 6) is -0.896. The molecule has 58 heavy (non-hydrogen) atoms. The summed E-state index contributed by atoms with van der Waals surface area (Å²) in [7, 11) is -2.28. The van der Waals surface area contributed by atoms with E-state index in [-0.39, 0.29) is 42.9 Å². The molecule has 1 saturated heterocycles. The maximum Gasteiger partial charge on any atom is 0.272 e. The van der Waals surface area contributed by atoms with Gasteiger partial charge in [-0.05, 0) is 90.3 Å². The third kappa shape index (κ3) is 8.71. The minimum Gasteiger partial charge on any atom is -0.496 e. The van der Waals surface area contributed by atoms with Crippen molar-refractivity contribution in [3.8, 4) is 17.4 Å². The number of benzene rings is 1. The van der Waals surface area contributed by atoms with Crippen LogP contribution in [0.3, 0.4) is 0 Å². The van der Waals surface area contributed by atoms with Crippen molar-refractivity contribution in [2.24, 2.45) is 11.3 Å². The molecule has 0 bridgehead atoms.